The van der Waals surface area contributed by atoms with E-state index in [0.29, 0.717) is 42.9 Å². The first-order valence-electron chi connectivity index (χ1n) is 10.3. The van der Waals surface area contributed by atoms with Crippen molar-refractivity contribution in [2.75, 3.05) is 12.8 Å². The van der Waals surface area contributed by atoms with Crippen LogP contribution in [-0.2, 0) is 23.9 Å². The summed E-state index contributed by atoms with van der Waals surface area (Å²) in [5.74, 6) is 1.74. The maximum absolute atomic E-state index is 13.0. The van der Waals surface area contributed by atoms with Gasteiger partial charge in [-0.2, -0.15) is 8.42 Å². The van der Waals surface area contributed by atoms with Gasteiger partial charge in [-0.1, -0.05) is 6.92 Å². The van der Waals surface area contributed by atoms with E-state index in [1.807, 2.05) is 4.90 Å². The van der Waals surface area contributed by atoms with Crippen molar-refractivity contribution in [3.8, 4) is 0 Å². The second-order valence-corrected chi connectivity index (χ2v) is 11.3. The van der Waals surface area contributed by atoms with Crippen molar-refractivity contribution in [3.63, 3.8) is 0 Å². The number of Topliss-reactive ketones (excluding diaryl/α,β-unsaturated/α-hetero) is 1. The van der Waals surface area contributed by atoms with Crippen molar-refractivity contribution < 1.29 is 22.2 Å². The Balaban J connectivity index is 1.61. The number of hydrogen-bond acceptors (Lipinski definition) is 5. The first-order valence-corrected chi connectivity index (χ1v) is 12.1. The summed E-state index contributed by atoms with van der Waals surface area (Å²) >= 11 is 0. The molecule has 2 aliphatic carbocycles. The number of nitrogens with zero attached hydrogens (tertiary/aromatic N) is 1. The highest BCUT2D eigenvalue weighted by atomic mass is 32.2. The monoisotopic (exact) mass is 397 g/mol. The van der Waals surface area contributed by atoms with Gasteiger partial charge in [0.1, 0.15) is 5.78 Å². The van der Waals surface area contributed by atoms with E-state index in [1.165, 1.54) is 0 Å². The van der Waals surface area contributed by atoms with Crippen LogP contribution >= 0.6 is 0 Å². The van der Waals surface area contributed by atoms with E-state index in [9.17, 15) is 18.0 Å². The van der Waals surface area contributed by atoms with Crippen molar-refractivity contribution in [2.24, 2.45) is 23.2 Å². The summed E-state index contributed by atoms with van der Waals surface area (Å²) in [4.78, 5) is 27.5. The van der Waals surface area contributed by atoms with Crippen molar-refractivity contribution in [1.29, 1.82) is 0 Å². The summed E-state index contributed by atoms with van der Waals surface area (Å²) in [7, 11) is -3.57. The van der Waals surface area contributed by atoms with Gasteiger partial charge >= 0.3 is 0 Å². The smallest absolute Gasteiger partial charge is 0.264 e. The number of rotatable bonds is 2. The van der Waals surface area contributed by atoms with Gasteiger partial charge in [0.25, 0.3) is 10.1 Å². The predicted octanol–water partition coefficient (Wildman–Crippen LogP) is 2.52. The van der Waals surface area contributed by atoms with E-state index in [-0.39, 0.29) is 23.3 Å². The van der Waals surface area contributed by atoms with Crippen molar-refractivity contribution in [3.05, 3.63) is 0 Å². The van der Waals surface area contributed by atoms with Crippen LogP contribution in [0.4, 0.5) is 0 Å². The van der Waals surface area contributed by atoms with Gasteiger partial charge < -0.3 is 4.90 Å². The summed E-state index contributed by atoms with van der Waals surface area (Å²) in [6.07, 6.45) is 6.50. The normalized spacial score (nSPS) is 45.1. The first kappa shape index (κ1) is 19.4. The second kappa shape index (κ2) is 6.28. The van der Waals surface area contributed by atoms with E-state index >= 15 is 0 Å². The van der Waals surface area contributed by atoms with Crippen LogP contribution < -0.4 is 0 Å². The largest absolute Gasteiger partial charge is 0.337 e. The Kier molecular flexibility index (Phi) is 4.50. The molecule has 2 saturated heterocycles. The Morgan fingerprint density at radius 1 is 1.04 bits per heavy atom. The van der Waals surface area contributed by atoms with Gasteiger partial charge in [-0.25, -0.2) is 0 Å². The number of fused-ring (bicyclic) bond motifs is 5. The van der Waals surface area contributed by atoms with Crippen LogP contribution in [-0.4, -0.2) is 49.5 Å². The molecule has 0 spiro atoms. The third-order valence-electron chi connectivity index (χ3n) is 8.23. The first-order chi connectivity index (χ1) is 12.5. The average molecular weight is 398 g/mol. The van der Waals surface area contributed by atoms with Crippen LogP contribution in [0, 0.1) is 23.2 Å². The zero-order valence-electron chi connectivity index (χ0n) is 16.6. The van der Waals surface area contributed by atoms with E-state index in [1.54, 1.807) is 0 Å². The van der Waals surface area contributed by atoms with Crippen molar-refractivity contribution in [1.82, 2.24) is 4.90 Å². The molecule has 1 amide bonds. The molecule has 7 heteroatoms. The lowest BCUT2D eigenvalue weighted by Gasteiger charge is -2.58. The molecule has 2 aliphatic heterocycles. The number of carbonyl (C=O) groups excluding carboxylic acids is 2. The van der Waals surface area contributed by atoms with Crippen LogP contribution in [0.25, 0.3) is 0 Å². The molecule has 4 rings (SSSR count). The number of amides is 1. The average Bonchev–Trinajstić information content (AvgIpc) is 2.80. The standard InChI is InChI=1S/C20H31NO5S/c1-19-9-7-16-14(15(19)4-5-17(19)22)8-11-21-18(23)12-13(26-27(3,24)25)6-10-20(16,21)2/h13-16H,4-12H2,1-3H3/t13?,14-,15?,16-,19-,20+/m0/s1. The Morgan fingerprint density at radius 2 is 1.78 bits per heavy atom. The molecule has 2 unspecified atom stereocenters. The molecule has 6 nitrogen and oxygen atoms in total. The van der Waals surface area contributed by atoms with E-state index in [4.69, 9.17) is 4.18 Å². The van der Waals surface area contributed by atoms with Gasteiger partial charge in [0.05, 0.1) is 18.8 Å². The van der Waals surface area contributed by atoms with Gasteiger partial charge in [0.2, 0.25) is 5.91 Å². The SMILES string of the molecule is C[C@]12CC[C@H]3[C@@H](CCN4C(=O)CC(OS(C)(=O)=O)CC[C@]34C)C1CCC2=O. The molecule has 4 aliphatic rings. The van der Waals surface area contributed by atoms with Crippen molar-refractivity contribution in [2.45, 2.75) is 76.9 Å². The Labute approximate surface area is 162 Å². The molecule has 6 atom stereocenters. The summed E-state index contributed by atoms with van der Waals surface area (Å²) < 4.78 is 28.3. The maximum atomic E-state index is 13.0. The molecule has 27 heavy (non-hydrogen) atoms. The molecule has 0 aromatic heterocycles. The lowest BCUT2D eigenvalue weighted by atomic mass is 9.53. The fourth-order valence-electron chi connectivity index (χ4n) is 6.89. The molecule has 0 aromatic rings. The Bertz CT molecular complexity index is 764. The summed E-state index contributed by atoms with van der Waals surface area (Å²) in [5.41, 5.74) is -0.432. The van der Waals surface area contributed by atoms with Gasteiger partial charge in [0.15, 0.2) is 0 Å². The number of hydrogen-bond donors (Lipinski definition) is 0. The molecule has 0 N–H and O–H groups in total. The molecule has 0 aromatic carbocycles. The fraction of sp³-hybridized carbons (Fsp3) is 0.900. The van der Waals surface area contributed by atoms with Gasteiger partial charge in [-0.3, -0.25) is 13.8 Å². The maximum Gasteiger partial charge on any atom is 0.264 e. The van der Waals surface area contributed by atoms with E-state index in [0.717, 1.165) is 38.4 Å². The topological polar surface area (TPSA) is 80.8 Å². The lowest BCUT2D eigenvalue weighted by Crippen LogP contribution is -2.62. The number of piperidine rings is 1. The summed E-state index contributed by atoms with van der Waals surface area (Å²) in [5, 5.41) is 0. The van der Waals surface area contributed by atoms with Crippen LogP contribution in [0.15, 0.2) is 0 Å². The summed E-state index contributed by atoms with van der Waals surface area (Å²) in [6.45, 7) is 5.05. The number of carbonyl (C=O) groups is 2. The highest BCUT2D eigenvalue weighted by Crippen LogP contribution is 2.60. The second-order valence-electron chi connectivity index (χ2n) is 9.65. The Hall–Kier alpha value is -0.950. The van der Waals surface area contributed by atoms with Crippen LogP contribution in [0.2, 0.25) is 0 Å². The minimum absolute atomic E-state index is 0.0120. The molecule has 0 bridgehead atoms. The molecule has 4 fully saturated rings. The zero-order valence-corrected chi connectivity index (χ0v) is 17.4. The van der Waals surface area contributed by atoms with Gasteiger partial charge in [-0.15, -0.1) is 0 Å². The highest BCUT2D eigenvalue weighted by molar-refractivity contribution is 7.86. The Morgan fingerprint density at radius 3 is 2.48 bits per heavy atom. The third kappa shape index (κ3) is 3.05. The molecule has 2 heterocycles. The lowest BCUT2D eigenvalue weighted by molar-refractivity contribution is -0.154. The molecule has 2 saturated carbocycles. The van der Waals surface area contributed by atoms with Gasteiger partial charge in [-0.05, 0) is 63.2 Å². The van der Waals surface area contributed by atoms with E-state index < -0.39 is 16.2 Å². The van der Waals surface area contributed by atoms with Crippen molar-refractivity contribution >= 4 is 21.8 Å². The number of ketones is 1. The van der Waals surface area contributed by atoms with Crippen LogP contribution in [0.1, 0.15) is 65.2 Å². The van der Waals surface area contributed by atoms with E-state index in [2.05, 4.69) is 13.8 Å². The van der Waals surface area contributed by atoms with Crippen LogP contribution in [0.5, 0.6) is 0 Å². The van der Waals surface area contributed by atoms with Gasteiger partial charge in [0, 0.05) is 23.9 Å². The molecular weight excluding hydrogens is 366 g/mol. The third-order valence-corrected chi connectivity index (χ3v) is 8.86. The minimum Gasteiger partial charge on any atom is -0.337 e. The zero-order chi connectivity index (χ0) is 19.6. The molecule has 0 radical (unpaired) electrons. The molecular formula is C20H31NO5S. The quantitative estimate of drug-likeness (QED) is 0.669. The highest BCUT2D eigenvalue weighted by Gasteiger charge is 2.60. The predicted molar refractivity (Wildman–Crippen MR) is 100 cm³/mol. The van der Waals surface area contributed by atoms with Crippen LogP contribution in [0.3, 0.4) is 0 Å². The minimum atomic E-state index is -3.57. The summed E-state index contributed by atoms with van der Waals surface area (Å²) in [6, 6.07) is 0. The molecule has 152 valence electrons. The fourth-order valence-corrected chi connectivity index (χ4v) is 7.55.